The molecule has 22 nitrogen and oxygen atoms in total. The number of benzene rings is 2. The number of piperidine rings is 2. The van der Waals surface area contributed by atoms with Crippen LogP contribution in [0.4, 0.5) is 16.4 Å². The van der Waals surface area contributed by atoms with Gasteiger partial charge in [0, 0.05) is 112 Å². The van der Waals surface area contributed by atoms with E-state index >= 15 is 0 Å². The first-order chi connectivity index (χ1) is 37.0. The van der Waals surface area contributed by atoms with Crippen molar-refractivity contribution in [1.82, 2.24) is 44.3 Å². The molecule has 0 bridgehead atoms. The Bertz CT molecular complexity index is 3290. The van der Waals surface area contributed by atoms with E-state index in [1.165, 1.54) is 0 Å². The van der Waals surface area contributed by atoms with Crippen LogP contribution < -0.4 is 20.9 Å². The van der Waals surface area contributed by atoms with Crippen LogP contribution in [0.5, 0.6) is 0 Å². The molecule has 4 fully saturated rings. The summed E-state index contributed by atoms with van der Waals surface area (Å²) in [6.07, 6.45) is 10.7. The fourth-order valence-corrected chi connectivity index (χ4v) is 11.1. The number of nitrogens with zero attached hydrogens (tertiary/aromatic N) is 16. The van der Waals surface area contributed by atoms with Crippen LogP contribution in [0.2, 0.25) is 10.0 Å². The SMILES string of the molecule is Cc1cn2nc([C@@H]3CCCCN3C(=O)c3cc(Cl)ccc3CN=[N+]=[N-])cc2nc1N1CC[C@H](N)C1.Cc1cn2nc([C@@H]3CCCCN3C(=O)c3cc(Cl)ccc3CN=[N+]=[N-])cc2nc1N1CC[C@H](NC(=O)OC(C)(C)C)C1. The topological polar surface area (TPSA) is 269 Å². The minimum Gasteiger partial charge on any atom is -0.444 e. The summed E-state index contributed by atoms with van der Waals surface area (Å²) in [6.45, 7) is 14.0. The molecule has 4 atom stereocenters. The number of likely N-dealkylation sites (tertiary alicyclic amines) is 2. The van der Waals surface area contributed by atoms with Crippen molar-refractivity contribution in [3.63, 3.8) is 0 Å². The second-order valence-corrected chi connectivity index (χ2v) is 22.1. The summed E-state index contributed by atoms with van der Waals surface area (Å²) in [5.74, 6) is 1.50. The van der Waals surface area contributed by atoms with Gasteiger partial charge in [0.05, 0.1) is 42.6 Å². The van der Waals surface area contributed by atoms with Gasteiger partial charge in [-0.25, -0.2) is 23.8 Å². The van der Waals surface area contributed by atoms with Gasteiger partial charge in [0.15, 0.2) is 11.3 Å². The van der Waals surface area contributed by atoms with Crippen LogP contribution in [-0.4, -0.2) is 114 Å². The smallest absolute Gasteiger partial charge is 0.407 e. The molecule has 4 aliphatic rings. The molecular weight excluding hydrogens is 1020 g/mol. The molecule has 77 heavy (non-hydrogen) atoms. The maximum Gasteiger partial charge on any atom is 0.407 e. The largest absolute Gasteiger partial charge is 0.444 e. The number of amides is 3. The molecule has 24 heteroatoms. The summed E-state index contributed by atoms with van der Waals surface area (Å²) in [5.41, 5.74) is 30.4. The van der Waals surface area contributed by atoms with Crippen LogP contribution in [0.1, 0.15) is 139 Å². The predicted molar refractivity (Wildman–Crippen MR) is 294 cm³/mol. The standard InChI is InChI=1S/C29H36ClN9O3.C24H28ClN9O/c1-18-16-39-25(34-26(18)37-12-10-21(17-37)33-28(41)42-29(2,3)4)14-23(35-39)24-7-5-6-11-38(24)27(40)22-13-20(30)9-8-19(22)15-32-36-31;1-15-13-34-22(29-23(15)32-9-7-18(26)14-32)11-20(30-34)21-4-2-3-8-33(21)24(35)19-10-17(25)6-5-16(19)12-28-31-27/h8-9,13-14,16,21,24H,5-7,10-12,15,17H2,1-4H3,(H,33,41);5-6,10-11,13,18,21H,2-4,7-9,12,14,26H2,1H3/t21-,24-;18-,21-/m00/s1. The summed E-state index contributed by atoms with van der Waals surface area (Å²) >= 11 is 12.5. The first-order valence-electron chi connectivity index (χ1n) is 26.2. The van der Waals surface area contributed by atoms with Gasteiger partial charge in [0.1, 0.15) is 17.2 Å². The Kier molecular flexibility index (Phi) is 16.6. The average molecular weight is 1090 g/mol. The number of aryl methyl sites for hydroxylation is 2. The number of nitrogens with two attached hydrogens (primary N) is 1. The Morgan fingerprint density at radius 3 is 1.64 bits per heavy atom. The minimum absolute atomic E-state index is 0.0326. The van der Waals surface area contributed by atoms with Gasteiger partial charge in [-0.3, -0.25) is 9.59 Å². The number of hydrogen-bond acceptors (Lipinski definition) is 13. The second kappa shape index (κ2) is 23.5. The fraction of sp³-hybridized carbons (Fsp3) is 0.491. The molecule has 10 rings (SSSR count). The monoisotopic (exact) mass is 1090 g/mol. The maximum atomic E-state index is 13.8. The van der Waals surface area contributed by atoms with Gasteiger partial charge in [-0.15, -0.1) is 0 Å². The summed E-state index contributed by atoms with van der Waals surface area (Å²) in [6, 6.07) is 13.8. The first kappa shape index (κ1) is 54.4. The summed E-state index contributed by atoms with van der Waals surface area (Å²) in [5, 5.41) is 20.9. The number of carbonyl (C=O) groups is 3. The lowest BCUT2D eigenvalue weighted by Crippen LogP contribution is -2.40. The van der Waals surface area contributed by atoms with Gasteiger partial charge in [-0.05, 0) is 132 Å². The third-order valence-electron chi connectivity index (χ3n) is 14.4. The zero-order valence-corrected chi connectivity index (χ0v) is 45.5. The van der Waals surface area contributed by atoms with Crippen LogP contribution in [0, 0.1) is 13.8 Å². The van der Waals surface area contributed by atoms with E-state index in [0.717, 1.165) is 111 Å². The molecule has 4 saturated heterocycles. The van der Waals surface area contributed by atoms with Gasteiger partial charge in [-0.2, -0.15) is 10.2 Å². The molecule has 4 aromatic heterocycles. The minimum atomic E-state index is -0.549. The highest BCUT2D eigenvalue weighted by Crippen LogP contribution is 2.36. The number of aromatic nitrogens is 6. The van der Waals surface area contributed by atoms with E-state index in [1.54, 1.807) is 45.4 Å². The molecule has 2 aromatic carbocycles. The van der Waals surface area contributed by atoms with Crippen molar-refractivity contribution >= 4 is 64.0 Å². The molecule has 8 heterocycles. The quantitative estimate of drug-likeness (QED) is 0.0699. The van der Waals surface area contributed by atoms with Crippen LogP contribution >= 0.6 is 23.2 Å². The molecule has 0 aliphatic carbocycles. The van der Waals surface area contributed by atoms with Crippen molar-refractivity contribution in [1.29, 1.82) is 0 Å². The van der Waals surface area contributed by atoms with E-state index in [2.05, 4.69) is 35.2 Å². The Balaban J connectivity index is 0.000000191. The number of carbonyl (C=O) groups excluding carboxylic acids is 3. The van der Waals surface area contributed by atoms with Crippen LogP contribution in [-0.2, 0) is 17.8 Å². The number of azide groups is 2. The van der Waals surface area contributed by atoms with Crippen LogP contribution in [0.15, 0.2) is 71.2 Å². The lowest BCUT2D eigenvalue weighted by Gasteiger charge is -2.35. The Morgan fingerprint density at radius 2 is 1.18 bits per heavy atom. The van der Waals surface area contributed by atoms with Crippen LogP contribution in [0.3, 0.4) is 0 Å². The first-order valence-corrected chi connectivity index (χ1v) is 26.9. The fourth-order valence-electron chi connectivity index (χ4n) is 10.8. The number of fused-ring (bicyclic) bond motifs is 2. The molecule has 6 aromatic rings. The van der Waals surface area contributed by atoms with Crippen LogP contribution in [0.25, 0.3) is 32.2 Å². The van der Waals surface area contributed by atoms with Crippen molar-refractivity contribution in [2.75, 3.05) is 49.1 Å². The van der Waals surface area contributed by atoms with Gasteiger partial charge in [-0.1, -0.05) is 45.6 Å². The Labute approximate surface area is 456 Å². The highest BCUT2D eigenvalue weighted by molar-refractivity contribution is 6.31. The van der Waals surface area contributed by atoms with Crippen molar-refractivity contribution in [3.05, 3.63) is 137 Å². The van der Waals surface area contributed by atoms with Crippen molar-refractivity contribution in [3.8, 4) is 0 Å². The Morgan fingerprint density at radius 1 is 0.701 bits per heavy atom. The van der Waals surface area contributed by atoms with Gasteiger partial charge >= 0.3 is 6.09 Å². The maximum absolute atomic E-state index is 13.8. The van der Waals surface area contributed by atoms with E-state index < -0.39 is 11.7 Å². The highest BCUT2D eigenvalue weighted by Gasteiger charge is 2.35. The average Bonchev–Trinajstić information content (AvgIpc) is 4.26. The van der Waals surface area contributed by atoms with Crippen molar-refractivity contribution < 1.29 is 19.1 Å². The normalized spacial score (nSPS) is 19.6. The third kappa shape index (κ3) is 12.6. The molecule has 4 aliphatic heterocycles. The molecule has 0 spiro atoms. The number of hydrogen-bond donors (Lipinski definition) is 2. The number of halogens is 2. The summed E-state index contributed by atoms with van der Waals surface area (Å²) in [7, 11) is 0. The van der Waals surface area contributed by atoms with E-state index in [-0.39, 0.29) is 49.1 Å². The van der Waals surface area contributed by atoms with Crippen molar-refractivity contribution in [2.45, 2.75) is 129 Å². The Hall–Kier alpha value is -7.35. The second-order valence-electron chi connectivity index (χ2n) is 21.2. The number of rotatable bonds is 11. The lowest BCUT2D eigenvalue weighted by molar-refractivity contribution is 0.0507. The molecule has 3 N–H and O–H groups in total. The predicted octanol–water partition coefficient (Wildman–Crippen LogP) is 10.4. The van der Waals surface area contributed by atoms with E-state index in [9.17, 15) is 14.4 Å². The van der Waals surface area contributed by atoms with Gasteiger partial charge in [0.25, 0.3) is 11.8 Å². The lowest BCUT2D eigenvalue weighted by atomic mass is 9.97. The number of alkyl carbamates (subject to hydrolysis) is 1. The van der Waals surface area contributed by atoms with Gasteiger partial charge < -0.3 is 35.4 Å². The highest BCUT2D eigenvalue weighted by atomic mass is 35.5. The van der Waals surface area contributed by atoms with E-state index in [4.69, 9.17) is 64.9 Å². The third-order valence-corrected chi connectivity index (χ3v) is 14.9. The summed E-state index contributed by atoms with van der Waals surface area (Å²) < 4.78 is 8.98. The number of nitrogens with one attached hydrogen (secondary N) is 1. The molecule has 3 amide bonds. The number of ether oxygens (including phenoxy) is 1. The molecule has 0 saturated carbocycles. The zero-order chi connectivity index (χ0) is 54.5. The molecule has 0 radical (unpaired) electrons. The molecular formula is C53H64Cl2N18O4. The molecule has 404 valence electrons. The zero-order valence-electron chi connectivity index (χ0n) is 44.0. The number of anilines is 2. The van der Waals surface area contributed by atoms with Gasteiger partial charge in [0.2, 0.25) is 0 Å². The van der Waals surface area contributed by atoms with E-state index in [0.29, 0.717) is 57.6 Å². The molecule has 0 unspecified atom stereocenters. The summed E-state index contributed by atoms with van der Waals surface area (Å²) in [4.78, 5) is 63.5. The van der Waals surface area contributed by atoms with E-state index in [1.807, 2.05) is 68.9 Å². The van der Waals surface area contributed by atoms with Crippen molar-refractivity contribution in [2.24, 2.45) is 16.0 Å².